The van der Waals surface area contributed by atoms with Crippen molar-refractivity contribution in [1.29, 1.82) is 0 Å². The van der Waals surface area contributed by atoms with Crippen LogP contribution >= 0.6 is 0 Å². The van der Waals surface area contributed by atoms with Crippen LogP contribution in [-0.2, 0) is 0 Å². The van der Waals surface area contributed by atoms with Crippen molar-refractivity contribution in [3.63, 3.8) is 0 Å². The standard InChI is InChI=1S/C28H33N3O/c1-18(2)31-26-13-19(3)24(15-25(26)20(4)16-28(31,5)6)17-29-30-27(32)23-12-11-21-9-7-8-10-22(21)14-23/h7-15,17-18,20H,16H2,1-6H3,(H,30,32)/b29-17-/t20-/m1/s1. The van der Waals surface area contributed by atoms with Gasteiger partial charge in [-0.2, -0.15) is 5.10 Å². The zero-order valence-corrected chi connectivity index (χ0v) is 19.9. The van der Waals surface area contributed by atoms with E-state index in [4.69, 9.17) is 0 Å². The Hall–Kier alpha value is -3.14. The Morgan fingerprint density at radius 3 is 2.56 bits per heavy atom. The second-order valence-corrected chi connectivity index (χ2v) is 9.91. The number of hydrazone groups is 1. The summed E-state index contributed by atoms with van der Waals surface area (Å²) < 4.78 is 0. The van der Waals surface area contributed by atoms with Crippen LogP contribution in [0, 0.1) is 6.92 Å². The van der Waals surface area contributed by atoms with Gasteiger partial charge in [-0.05, 0) is 98.7 Å². The summed E-state index contributed by atoms with van der Waals surface area (Å²) in [6.45, 7) is 13.6. The van der Waals surface area contributed by atoms with Crippen molar-refractivity contribution in [3.05, 3.63) is 76.9 Å². The monoisotopic (exact) mass is 427 g/mol. The van der Waals surface area contributed by atoms with Crippen LogP contribution in [0.1, 0.15) is 74.0 Å². The number of anilines is 1. The smallest absolute Gasteiger partial charge is 0.271 e. The number of carbonyl (C=O) groups is 1. The molecular weight excluding hydrogens is 394 g/mol. The van der Waals surface area contributed by atoms with Crippen LogP contribution < -0.4 is 10.3 Å². The molecule has 1 aliphatic rings. The van der Waals surface area contributed by atoms with E-state index >= 15 is 0 Å². The second-order valence-electron chi connectivity index (χ2n) is 9.91. The Morgan fingerprint density at radius 1 is 1.12 bits per heavy atom. The molecule has 0 spiro atoms. The van der Waals surface area contributed by atoms with E-state index in [2.05, 4.69) is 69.1 Å². The summed E-state index contributed by atoms with van der Waals surface area (Å²) in [5.74, 6) is 0.263. The molecule has 1 aliphatic heterocycles. The van der Waals surface area contributed by atoms with E-state index in [1.807, 2.05) is 42.5 Å². The first kappa shape index (κ1) is 22.1. The third-order valence-corrected chi connectivity index (χ3v) is 6.56. The molecule has 1 heterocycles. The minimum Gasteiger partial charge on any atom is -0.364 e. The van der Waals surface area contributed by atoms with E-state index in [0.29, 0.717) is 17.5 Å². The maximum absolute atomic E-state index is 12.6. The molecule has 4 nitrogen and oxygen atoms in total. The fourth-order valence-corrected chi connectivity index (χ4v) is 5.29. The van der Waals surface area contributed by atoms with E-state index in [9.17, 15) is 4.79 Å². The number of nitrogens with one attached hydrogen (secondary N) is 1. The van der Waals surface area contributed by atoms with Crippen molar-refractivity contribution >= 4 is 28.6 Å². The van der Waals surface area contributed by atoms with E-state index in [-0.39, 0.29) is 11.4 Å². The predicted molar refractivity (Wildman–Crippen MR) is 135 cm³/mol. The van der Waals surface area contributed by atoms with Crippen molar-refractivity contribution in [3.8, 4) is 0 Å². The quantitative estimate of drug-likeness (QED) is 0.386. The van der Waals surface area contributed by atoms with Gasteiger partial charge < -0.3 is 4.90 Å². The molecule has 4 rings (SSSR count). The molecular formula is C28H33N3O. The number of hydrogen-bond acceptors (Lipinski definition) is 3. The fourth-order valence-electron chi connectivity index (χ4n) is 5.29. The van der Waals surface area contributed by atoms with Gasteiger partial charge in [0.15, 0.2) is 0 Å². The topological polar surface area (TPSA) is 44.7 Å². The number of amides is 1. The van der Waals surface area contributed by atoms with Gasteiger partial charge in [-0.3, -0.25) is 4.79 Å². The Balaban J connectivity index is 1.57. The van der Waals surface area contributed by atoms with Gasteiger partial charge in [0, 0.05) is 22.8 Å². The summed E-state index contributed by atoms with van der Waals surface area (Å²) in [5, 5.41) is 6.44. The summed E-state index contributed by atoms with van der Waals surface area (Å²) >= 11 is 0. The molecule has 3 aromatic rings. The Kier molecular flexibility index (Phi) is 5.81. The summed E-state index contributed by atoms with van der Waals surface area (Å²) in [6, 6.07) is 18.7. The van der Waals surface area contributed by atoms with Gasteiger partial charge in [0.25, 0.3) is 5.91 Å². The Bertz CT molecular complexity index is 1190. The minimum absolute atomic E-state index is 0.121. The number of nitrogens with zero attached hydrogens (tertiary/aromatic N) is 2. The molecule has 0 aromatic heterocycles. The highest BCUT2D eigenvalue weighted by Crippen LogP contribution is 2.45. The average molecular weight is 428 g/mol. The van der Waals surface area contributed by atoms with Gasteiger partial charge in [0.05, 0.1) is 6.21 Å². The SMILES string of the molecule is Cc1cc2c(cc1/C=N\NC(=O)c1ccc3ccccc3c1)[C@H](C)CC(C)(C)N2C(C)C. The van der Waals surface area contributed by atoms with Crippen molar-refractivity contribution < 1.29 is 4.79 Å². The first-order valence-corrected chi connectivity index (χ1v) is 11.4. The Morgan fingerprint density at radius 2 is 1.84 bits per heavy atom. The molecule has 32 heavy (non-hydrogen) atoms. The second kappa shape index (κ2) is 8.42. The zero-order valence-electron chi connectivity index (χ0n) is 19.9. The van der Waals surface area contributed by atoms with Crippen molar-refractivity contribution in [2.24, 2.45) is 5.10 Å². The molecule has 166 valence electrons. The van der Waals surface area contributed by atoms with Crippen LogP contribution in [0.15, 0.2) is 59.7 Å². The van der Waals surface area contributed by atoms with Gasteiger partial charge in [-0.15, -0.1) is 0 Å². The highest BCUT2D eigenvalue weighted by Gasteiger charge is 2.37. The highest BCUT2D eigenvalue weighted by atomic mass is 16.2. The number of hydrogen-bond donors (Lipinski definition) is 1. The lowest BCUT2D eigenvalue weighted by molar-refractivity contribution is 0.0955. The molecule has 3 aromatic carbocycles. The maximum atomic E-state index is 12.6. The molecule has 1 atom stereocenters. The molecule has 1 N–H and O–H groups in total. The summed E-state index contributed by atoms with van der Waals surface area (Å²) in [4.78, 5) is 15.1. The van der Waals surface area contributed by atoms with Crippen LogP contribution in [0.3, 0.4) is 0 Å². The number of carbonyl (C=O) groups excluding carboxylic acids is 1. The lowest BCUT2D eigenvalue weighted by Gasteiger charge is -2.50. The minimum atomic E-state index is -0.205. The lowest BCUT2D eigenvalue weighted by atomic mass is 9.78. The third kappa shape index (κ3) is 4.14. The van der Waals surface area contributed by atoms with Crippen LogP contribution in [-0.4, -0.2) is 23.7 Å². The van der Waals surface area contributed by atoms with Gasteiger partial charge in [0.1, 0.15) is 0 Å². The summed E-state index contributed by atoms with van der Waals surface area (Å²) in [7, 11) is 0. The number of rotatable bonds is 4. The van der Waals surface area contributed by atoms with Gasteiger partial charge in [-0.25, -0.2) is 5.43 Å². The molecule has 0 aliphatic carbocycles. The highest BCUT2D eigenvalue weighted by molar-refractivity contribution is 5.99. The molecule has 0 saturated carbocycles. The first-order valence-electron chi connectivity index (χ1n) is 11.4. The molecule has 0 saturated heterocycles. The maximum Gasteiger partial charge on any atom is 0.271 e. The van der Waals surface area contributed by atoms with Crippen LogP contribution in [0.25, 0.3) is 10.8 Å². The molecule has 0 unspecified atom stereocenters. The summed E-state index contributed by atoms with van der Waals surface area (Å²) in [5.41, 5.74) is 8.28. The fraction of sp³-hybridized carbons (Fsp3) is 0.357. The van der Waals surface area contributed by atoms with Crippen molar-refractivity contribution in [1.82, 2.24) is 5.43 Å². The van der Waals surface area contributed by atoms with Gasteiger partial charge in [-0.1, -0.05) is 37.3 Å². The normalized spacial score (nSPS) is 17.7. The predicted octanol–water partition coefficient (Wildman–Crippen LogP) is 6.41. The first-order chi connectivity index (χ1) is 15.2. The largest absolute Gasteiger partial charge is 0.364 e. The van der Waals surface area contributed by atoms with Crippen molar-refractivity contribution in [2.45, 2.75) is 65.5 Å². The summed E-state index contributed by atoms with van der Waals surface area (Å²) in [6.07, 6.45) is 2.87. The molecule has 1 amide bonds. The number of aryl methyl sites for hydroxylation is 1. The zero-order chi connectivity index (χ0) is 23.0. The van der Waals surface area contributed by atoms with E-state index < -0.39 is 0 Å². The molecule has 0 bridgehead atoms. The average Bonchev–Trinajstić information content (AvgIpc) is 2.73. The van der Waals surface area contributed by atoms with Crippen molar-refractivity contribution in [2.75, 3.05) is 4.90 Å². The van der Waals surface area contributed by atoms with Gasteiger partial charge in [0.2, 0.25) is 0 Å². The lowest BCUT2D eigenvalue weighted by Crippen LogP contribution is -2.51. The van der Waals surface area contributed by atoms with Crippen LogP contribution in [0.2, 0.25) is 0 Å². The van der Waals surface area contributed by atoms with E-state index in [1.165, 1.54) is 11.3 Å². The van der Waals surface area contributed by atoms with Crippen LogP contribution in [0.5, 0.6) is 0 Å². The number of benzene rings is 3. The molecule has 0 fully saturated rings. The molecule has 4 heteroatoms. The number of fused-ring (bicyclic) bond motifs is 2. The van der Waals surface area contributed by atoms with Crippen LogP contribution in [0.4, 0.5) is 5.69 Å². The third-order valence-electron chi connectivity index (χ3n) is 6.56. The molecule has 0 radical (unpaired) electrons. The van der Waals surface area contributed by atoms with E-state index in [0.717, 1.165) is 28.3 Å². The van der Waals surface area contributed by atoms with Gasteiger partial charge >= 0.3 is 0 Å². The Labute approximate surface area is 191 Å². The van der Waals surface area contributed by atoms with E-state index in [1.54, 1.807) is 6.21 Å².